The normalized spacial score (nSPS) is 10.2. The number of halogens is 2. The molecule has 0 aliphatic heterocycles. The van der Waals surface area contributed by atoms with E-state index in [2.05, 4.69) is 0 Å². The summed E-state index contributed by atoms with van der Waals surface area (Å²) in [5.74, 6) is -0.448. The minimum absolute atomic E-state index is 0.110. The predicted octanol–water partition coefficient (Wildman–Crippen LogP) is 3.90. The predicted molar refractivity (Wildman–Crippen MR) is 65.9 cm³/mol. The molecule has 0 unspecified atom stereocenters. The first kappa shape index (κ1) is 11.8. The van der Waals surface area contributed by atoms with Crippen molar-refractivity contribution in [3.8, 4) is 0 Å². The summed E-state index contributed by atoms with van der Waals surface area (Å²) in [4.78, 5) is 11.9. The van der Waals surface area contributed by atoms with Crippen molar-refractivity contribution in [1.82, 2.24) is 0 Å². The highest BCUT2D eigenvalue weighted by Gasteiger charge is 2.10. The Bertz CT molecular complexity index is 551. The zero-order valence-electron chi connectivity index (χ0n) is 8.99. The third-order valence-electron chi connectivity index (χ3n) is 2.43. The molecule has 0 N–H and O–H groups in total. The zero-order valence-corrected chi connectivity index (χ0v) is 9.75. The highest BCUT2D eigenvalue weighted by molar-refractivity contribution is 6.34. The Labute approximate surface area is 104 Å². The number of hydrogen-bond donors (Lipinski definition) is 0. The Morgan fingerprint density at radius 1 is 1.12 bits per heavy atom. The van der Waals surface area contributed by atoms with E-state index in [0.29, 0.717) is 16.1 Å². The van der Waals surface area contributed by atoms with Gasteiger partial charge in [0, 0.05) is 12.0 Å². The van der Waals surface area contributed by atoms with Gasteiger partial charge in [-0.1, -0.05) is 35.9 Å². The van der Waals surface area contributed by atoms with E-state index in [-0.39, 0.29) is 18.0 Å². The molecule has 0 aliphatic rings. The molecule has 2 rings (SSSR count). The first-order valence-electron chi connectivity index (χ1n) is 5.19. The fourth-order valence-corrected chi connectivity index (χ4v) is 1.86. The van der Waals surface area contributed by atoms with Crippen molar-refractivity contribution in [2.45, 2.75) is 6.42 Å². The maximum absolute atomic E-state index is 13.0. The van der Waals surface area contributed by atoms with Gasteiger partial charge in [-0.3, -0.25) is 4.79 Å². The average Bonchev–Trinajstić information content (AvgIpc) is 2.29. The molecule has 0 bridgehead atoms. The molecule has 86 valence electrons. The van der Waals surface area contributed by atoms with E-state index in [1.54, 1.807) is 36.4 Å². The summed E-state index contributed by atoms with van der Waals surface area (Å²) in [6.45, 7) is 0. The highest BCUT2D eigenvalue weighted by Crippen LogP contribution is 2.17. The van der Waals surface area contributed by atoms with Crippen molar-refractivity contribution in [1.29, 1.82) is 0 Å². The molecule has 3 heteroatoms. The average molecular weight is 249 g/mol. The molecule has 0 aromatic heterocycles. The van der Waals surface area contributed by atoms with Gasteiger partial charge in [-0.05, 0) is 29.8 Å². The van der Waals surface area contributed by atoms with Gasteiger partial charge in [0.1, 0.15) is 5.82 Å². The summed E-state index contributed by atoms with van der Waals surface area (Å²) in [6.07, 6.45) is 0.154. The van der Waals surface area contributed by atoms with Gasteiger partial charge in [-0.2, -0.15) is 0 Å². The lowest BCUT2D eigenvalue weighted by atomic mass is 10.0. The number of benzene rings is 2. The number of hydrogen-bond acceptors (Lipinski definition) is 1. The van der Waals surface area contributed by atoms with E-state index in [4.69, 9.17) is 11.6 Å². The first-order valence-corrected chi connectivity index (χ1v) is 5.57. The Kier molecular flexibility index (Phi) is 3.55. The minimum atomic E-state index is -0.338. The number of carbonyl (C=O) groups is 1. The summed E-state index contributed by atoms with van der Waals surface area (Å²) in [5.41, 5.74) is 1.12. The van der Waals surface area contributed by atoms with E-state index in [0.717, 1.165) is 0 Å². The highest BCUT2D eigenvalue weighted by atomic mass is 35.5. The van der Waals surface area contributed by atoms with Crippen molar-refractivity contribution in [3.63, 3.8) is 0 Å². The first-order chi connectivity index (χ1) is 8.16. The maximum Gasteiger partial charge on any atom is 0.168 e. The van der Waals surface area contributed by atoms with Crippen LogP contribution in [0.15, 0.2) is 48.5 Å². The molecule has 2 aromatic rings. The van der Waals surface area contributed by atoms with Gasteiger partial charge in [0.05, 0.1) is 5.02 Å². The lowest BCUT2D eigenvalue weighted by Crippen LogP contribution is -2.04. The van der Waals surface area contributed by atoms with Crippen LogP contribution in [-0.2, 0) is 6.42 Å². The smallest absolute Gasteiger partial charge is 0.168 e. The van der Waals surface area contributed by atoms with Gasteiger partial charge in [0.25, 0.3) is 0 Å². The summed E-state index contributed by atoms with van der Waals surface area (Å²) in [5, 5.41) is 0.425. The van der Waals surface area contributed by atoms with Gasteiger partial charge in [-0.25, -0.2) is 4.39 Å². The van der Waals surface area contributed by atoms with Crippen LogP contribution in [0.1, 0.15) is 15.9 Å². The van der Waals surface area contributed by atoms with E-state index in [1.807, 2.05) is 0 Å². The fourth-order valence-electron chi connectivity index (χ4n) is 1.61. The van der Waals surface area contributed by atoms with Crippen LogP contribution < -0.4 is 0 Å². The van der Waals surface area contributed by atoms with Gasteiger partial charge in [-0.15, -0.1) is 0 Å². The lowest BCUT2D eigenvalue weighted by molar-refractivity contribution is 0.0993. The molecular formula is C14H10ClFO. The fraction of sp³-hybridized carbons (Fsp3) is 0.0714. The minimum Gasteiger partial charge on any atom is -0.294 e. The third kappa shape index (κ3) is 2.92. The van der Waals surface area contributed by atoms with Crippen LogP contribution in [0, 0.1) is 5.82 Å². The van der Waals surface area contributed by atoms with Crippen LogP contribution in [0.25, 0.3) is 0 Å². The van der Waals surface area contributed by atoms with Gasteiger partial charge in [0.2, 0.25) is 0 Å². The molecular weight excluding hydrogens is 239 g/mol. The molecule has 0 saturated heterocycles. The Morgan fingerprint density at radius 2 is 1.88 bits per heavy atom. The van der Waals surface area contributed by atoms with Crippen LogP contribution in [0.5, 0.6) is 0 Å². The summed E-state index contributed by atoms with van der Waals surface area (Å²) in [6, 6.07) is 12.9. The molecule has 17 heavy (non-hydrogen) atoms. The Morgan fingerprint density at radius 3 is 2.59 bits per heavy atom. The van der Waals surface area contributed by atoms with Gasteiger partial charge >= 0.3 is 0 Å². The topological polar surface area (TPSA) is 17.1 Å². The SMILES string of the molecule is O=C(Cc1cccc(F)c1)c1ccccc1Cl. The molecule has 0 heterocycles. The molecule has 0 saturated carbocycles. The summed E-state index contributed by atoms with van der Waals surface area (Å²) >= 11 is 5.92. The van der Waals surface area contributed by atoms with Crippen LogP contribution >= 0.6 is 11.6 Å². The second kappa shape index (κ2) is 5.11. The largest absolute Gasteiger partial charge is 0.294 e. The van der Waals surface area contributed by atoms with E-state index < -0.39 is 0 Å². The second-order valence-corrected chi connectivity index (χ2v) is 4.12. The number of Topliss-reactive ketones (excluding diaryl/α,β-unsaturated/α-hetero) is 1. The van der Waals surface area contributed by atoms with Crippen molar-refractivity contribution in [2.75, 3.05) is 0 Å². The van der Waals surface area contributed by atoms with Crippen molar-refractivity contribution < 1.29 is 9.18 Å². The molecule has 1 nitrogen and oxygen atoms in total. The van der Waals surface area contributed by atoms with Crippen LogP contribution in [0.3, 0.4) is 0 Å². The third-order valence-corrected chi connectivity index (χ3v) is 2.76. The molecule has 0 spiro atoms. The summed E-state index contributed by atoms with van der Waals surface area (Å²) in [7, 11) is 0. The number of ketones is 1. The quantitative estimate of drug-likeness (QED) is 0.753. The zero-order chi connectivity index (χ0) is 12.3. The number of carbonyl (C=O) groups excluding carboxylic acids is 1. The van der Waals surface area contributed by atoms with E-state index in [9.17, 15) is 9.18 Å². The van der Waals surface area contributed by atoms with Crippen LogP contribution in [0.4, 0.5) is 4.39 Å². The van der Waals surface area contributed by atoms with Gasteiger partial charge in [0.15, 0.2) is 5.78 Å². The Balaban J connectivity index is 2.20. The number of rotatable bonds is 3. The lowest BCUT2D eigenvalue weighted by Gasteiger charge is -2.03. The molecule has 0 fully saturated rings. The van der Waals surface area contributed by atoms with Crippen molar-refractivity contribution in [2.24, 2.45) is 0 Å². The molecule has 0 atom stereocenters. The monoisotopic (exact) mass is 248 g/mol. The molecule has 0 amide bonds. The standard InChI is InChI=1S/C14H10ClFO/c15-13-7-2-1-6-12(13)14(17)9-10-4-3-5-11(16)8-10/h1-8H,9H2. The van der Waals surface area contributed by atoms with Crippen molar-refractivity contribution in [3.05, 3.63) is 70.5 Å². The van der Waals surface area contributed by atoms with E-state index in [1.165, 1.54) is 12.1 Å². The molecule has 2 aromatic carbocycles. The molecule has 0 aliphatic carbocycles. The second-order valence-electron chi connectivity index (χ2n) is 3.71. The van der Waals surface area contributed by atoms with Crippen LogP contribution in [0.2, 0.25) is 5.02 Å². The van der Waals surface area contributed by atoms with Crippen LogP contribution in [-0.4, -0.2) is 5.78 Å². The molecule has 0 radical (unpaired) electrons. The van der Waals surface area contributed by atoms with Gasteiger partial charge < -0.3 is 0 Å². The van der Waals surface area contributed by atoms with E-state index >= 15 is 0 Å². The Hall–Kier alpha value is -1.67. The van der Waals surface area contributed by atoms with Crippen molar-refractivity contribution >= 4 is 17.4 Å². The summed E-state index contributed by atoms with van der Waals surface area (Å²) < 4.78 is 13.0. The maximum atomic E-state index is 13.0.